The van der Waals surface area contributed by atoms with Crippen LogP contribution in [0.5, 0.6) is 0 Å². The van der Waals surface area contributed by atoms with E-state index in [-0.39, 0.29) is 25.7 Å². The zero-order chi connectivity index (χ0) is 71.7. The maximum atomic E-state index is 13.1. The molecule has 0 saturated heterocycles. The molecule has 0 heterocycles. The van der Waals surface area contributed by atoms with Gasteiger partial charge in [0, 0.05) is 25.7 Å². The van der Waals surface area contributed by atoms with E-state index < -0.39 is 97.5 Å². The number of aliphatic hydroxyl groups is 1. The summed E-state index contributed by atoms with van der Waals surface area (Å²) in [6, 6.07) is 0. The second-order valence-corrected chi connectivity index (χ2v) is 32.7. The molecule has 0 aromatic heterocycles. The molecule has 576 valence electrons. The monoisotopic (exact) mass is 1420 g/mol. The molecular weight excluding hydrogens is 1270 g/mol. The third-order valence-electron chi connectivity index (χ3n) is 18.4. The normalized spacial score (nSPS) is 14.4. The van der Waals surface area contributed by atoms with Crippen molar-refractivity contribution in [2.45, 2.75) is 414 Å². The van der Waals surface area contributed by atoms with Crippen LogP contribution in [0.4, 0.5) is 0 Å². The van der Waals surface area contributed by atoms with E-state index in [0.717, 1.165) is 114 Å². The van der Waals surface area contributed by atoms with Gasteiger partial charge in [-0.1, -0.05) is 344 Å². The van der Waals surface area contributed by atoms with Gasteiger partial charge in [0.05, 0.1) is 26.4 Å². The average Bonchev–Trinajstić information content (AvgIpc) is 1.42. The number of rotatable bonds is 75. The standard InChI is InChI=1S/C78H152O17P2/c1-9-71(8)57-49-41-33-25-21-22-26-34-42-50-58-75(80)88-64-73(94-77(82)60-52-44-35-27-19-15-13-11-10-12-14-17-23-30-38-46-54-68(2)3)66-92-96(84,85)90-62-72(79)63-91-97(86,87)93-67-74(65-89-76(81)59-51-43-37-29-32-40-48-56-70(6)7)95-78(83)61-53-45-36-28-20-16-18-24-31-39-47-55-69(4)5/h68-74,79H,9-67H2,1-8H3,(H,84,85)(H,86,87)/t71?,72?,73-,74-/m1/s1. The number of carbonyl (C=O) groups is 4. The number of carbonyl (C=O) groups excluding carboxylic acids is 4. The summed E-state index contributed by atoms with van der Waals surface area (Å²) in [6.07, 6.45) is 52.7. The topological polar surface area (TPSA) is 237 Å². The van der Waals surface area contributed by atoms with Gasteiger partial charge in [0.25, 0.3) is 0 Å². The molecule has 0 saturated carbocycles. The van der Waals surface area contributed by atoms with E-state index in [1.165, 1.54) is 193 Å². The Kier molecular flexibility index (Phi) is 65.9. The first-order valence-corrected chi connectivity index (χ1v) is 43.2. The summed E-state index contributed by atoms with van der Waals surface area (Å²) in [6.45, 7) is 14.2. The van der Waals surface area contributed by atoms with Gasteiger partial charge in [-0.15, -0.1) is 0 Å². The number of phosphoric ester groups is 2. The summed E-state index contributed by atoms with van der Waals surface area (Å²) in [5.41, 5.74) is 0. The molecule has 0 aromatic rings. The van der Waals surface area contributed by atoms with Gasteiger partial charge in [0.2, 0.25) is 0 Å². The summed E-state index contributed by atoms with van der Waals surface area (Å²) in [5.74, 6) is 0.970. The van der Waals surface area contributed by atoms with Crippen molar-refractivity contribution in [1.82, 2.24) is 0 Å². The molecule has 4 unspecified atom stereocenters. The largest absolute Gasteiger partial charge is 0.472 e. The van der Waals surface area contributed by atoms with Gasteiger partial charge in [-0.05, 0) is 49.4 Å². The molecule has 0 aliphatic heterocycles. The van der Waals surface area contributed by atoms with Crippen LogP contribution in [0.3, 0.4) is 0 Å². The first-order valence-electron chi connectivity index (χ1n) is 40.2. The molecule has 6 atom stereocenters. The highest BCUT2D eigenvalue weighted by Gasteiger charge is 2.30. The molecule has 0 fully saturated rings. The fourth-order valence-corrected chi connectivity index (χ4v) is 13.5. The number of hydrogen-bond donors (Lipinski definition) is 3. The van der Waals surface area contributed by atoms with E-state index in [2.05, 4.69) is 55.4 Å². The minimum absolute atomic E-state index is 0.105. The highest BCUT2D eigenvalue weighted by atomic mass is 31.2. The van der Waals surface area contributed by atoms with Crippen molar-refractivity contribution in [2.75, 3.05) is 39.6 Å². The van der Waals surface area contributed by atoms with Gasteiger partial charge < -0.3 is 33.8 Å². The van der Waals surface area contributed by atoms with E-state index in [0.29, 0.717) is 31.6 Å². The maximum absolute atomic E-state index is 13.1. The Hall–Kier alpha value is -1.94. The fourth-order valence-electron chi connectivity index (χ4n) is 11.9. The lowest BCUT2D eigenvalue weighted by molar-refractivity contribution is -0.161. The van der Waals surface area contributed by atoms with Crippen molar-refractivity contribution >= 4 is 39.5 Å². The first kappa shape index (κ1) is 95.1. The molecule has 3 N–H and O–H groups in total. The third-order valence-corrected chi connectivity index (χ3v) is 20.3. The summed E-state index contributed by atoms with van der Waals surface area (Å²) in [4.78, 5) is 72.9. The molecule has 17 nitrogen and oxygen atoms in total. The lowest BCUT2D eigenvalue weighted by Crippen LogP contribution is -2.30. The molecular formula is C78H152O17P2. The SMILES string of the molecule is CCC(C)CCCCCCCCCCCCC(=O)OC[C@H](COP(=O)(O)OCC(O)COP(=O)(O)OC[C@@H](COC(=O)CCCCCCCCCC(C)C)OC(=O)CCCCCCCCCCCCCC(C)C)OC(=O)CCCCCCCCCCCCCCCCCCC(C)C. The third kappa shape index (κ3) is 70.9. The molecule has 0 radical (unpaired) electrons. The van der Waals surface area contributed by atoms with Gasteiger partial charge >= 0.3 is 39.5 Å². The Morgan fingerprint density at radius 2 is 0.495 bits per heavy atom. The van der Waals surface area contributed by atoms with Crippen molar-refractivity contribution in [3.8, 4) is 0 Å². The second kappa shape index (κ2) is 67.2. The number of ether oxygens (including phenoxy) is 4. The van der Waals surface area contributed by atoms with Crippen LogP contribution in [0.25, 0.3) is 0 Å². The Balaban J connectivity index is 5.25. The van der Waals surface area contributed by atoms with Crippen molar-refractivity contribution in [3.05, 3.63) is 0 Å². The van der Waals surface area contributed by atoms with Crippen LogP contribution in [0.2, 0.25) is 0 Å². The molecule has 0 aliphatic carbocycles. The minimum atomic E-state index is -4.96. The molecule has 0 bridgehead atoms. The van der Waals surface area contributed by atoms with Gasteiger partial charge in [0.1, 0.15) is 19.3 Å². The van der Waals surface area contributed by atoms with Gasteiger partial charge in [-0.3, -0.25) is 37.3 Å². The van der Waals surface area contributed by atoms with Crippen molar-refractivity contribution < 1.29 is 80.2 Å². The predicted octanol–water partition coefficient (Wildman–Crippen LogP) is 22.8. The Labute approximate surface area is 594 Å². The molecule has 0 aliphatic rings. The molecule has 0 spiro atoms. The molecule has 0 rings (SSSR count). The van der Waals surface area contributed by atoms with E-state index in [9.17, 15) is 43.2 Å². The smallest absolute Gasteiger partial charge is 0.462 e. The van der Waals surface area contributed by atoms with Crippen molar-refractivity contribution in [2.24, 2.45) is 23.7 Å². The van der Waals surface area contributed by atoms with Crippen LogP contribution in [-0.4, -0.2) is 96.7 Å². The van der Waals surface area contributed by atoms with Crippen LogP contribution < -0.4 is 0 Å². The Morgan fingerprint density at radius 1 is 0.289 bits per heavy atom. The number of unbranched alkanes of at least 4 members (excludes halogenated alkanes) is 40. The Bertz CT molecular complexity index is 1900. The van der Waals surface area contributed by atoms with Crippen LogP contribution >= 0.6 is 15.6 Å². The highest BCUT2D eigenvalue weighted by molar-refractivity contribution is 7.47. The van der Waals surface area contributed by atoms with Crippen molar-refractivity contribution in [3.63, 3.8) is 0 Å². The summed E-state index contributed by atoms with van der Waals surface area (Å²) < 4.78 is 68.6. The molecule has 19 heteroatoms. The van der Waals surface area contributed by atoms with Gasteiger partial charge in [0.15, 0.2) is 12.2 Å². The quantitative estimate of drug-likeness (QED) is 0.0222. The number of esters is 4. The average molecular weight is 1420 g/mol. The van der Waals surface area contributed by atoms with E-state index in [1.807, 2.05) is 0 Å². The van der Waals surface area contributed by atoms with Gasteiger partial charge in [-0.25, -0.2) is 9.13 Å². The fraction of sp³-hybridized carbons (Fsp3) is 0.949. The predicted molar refractivity (Wildman–Crippen MR) is 395 cm³/mol. The molecule has 0 amide bonds. The van der Waals surface area contributed by atoms with E-state index in [1.54, 1.807) is 0 Å². The maximum Gasteiger partial charge on any atom is 0.472 e. The number of hydrogen-bond acceptors (Lipinski definition) is 15. The number of phosphoric acid groups is 2. The van der Waals surface area contributed by atoms with E-state index >= 15 is 0 Å². The highest BCUT2D eigenvalue weighted by Crippen LogP contribution is 2.45. The molecule has 0 aromatic carbocycles. The van der Waals surface area contributed by atoms with Crippen LogP contribution in [0.1, 0.15) is 396 Å². The lowest BCUT2D eigenvalue weighted by Gasteiger charge is -2.21. The zero-order valence-corrected chi connectivity index (χ0v) is 65.5. The zero-order valence-electron chi connectivity index (χ0n) is 63.7. The van der Waals surface area contributed by atoms with Crippen LogP contribution in [0, 0.1) is 23.7 Å². The number of aliphatic hydroxyl groups excluding tert-OH is 1. The van der Waals surface area contributed by atoms with E-state index in [4.69, 9.17) is 37.0 Å². The minimum Gasteiger partial charge on any atom is -0.462 e. The van der Waals surface area contributed by atoms with Crippen molar-refractivity contribution in [1.29, 1.82) is 0 Å². The summed E-state index contributed by atoms with van der Waals surface area (Å²) >= 11 is 0. The summed E-state index contributed by atoms with van der Waals surface area (Å²) in [7, 11) is -9.92. The lowest BCUT2D eigenvalue weighted by atomic mass is 9.99. The summed E-state index contributed by atoms with van der Waals surface area (Å²) in [5, 5.41) is 10.6. The van der Waals surface area contributed by atoms with Crippen LogP contribution in [-0.2, 0) is 65.4 Å². The Morgan fingerprint density at radius 3 is 0.732 bits per heavy atom. The van der Waals surface area contributed by atoms with Gasteiger partial charge in [-0.2, -0.15) is 0 Å². The second-order valence-electron chi connectivity index (χ2n) is 29.8. The molecule has 97 heavy (non-hydrogen) atoms. The first-order chi connectivity index (χ1) is 46.6. The van der Waals surface area contributed by atoms with Crippen LogP contribution in [0.15, 0.2) is 0 Å².